The van der Waals surface area contributed by atoms with Crippen LogP contribution in [-0.4, -0.2) is 41.1 Å². The van der Waals surface area contributed by atoms with E-state index in [2.05, 4.69) is 11.7 Å². The minimum atomic E-state index is -0.198. The monoisotopic (exact) mass is 227 g/mol. The molecular weight excluding hydrogens is 214 g/mol. The van der Waals surface area contributed by atoms with E-state index in [9.17, 15) is 4.79 Å². The molecule has 1 aromatic heterocycles. The second-order valence-corrected chi connectivity index (χ2v) is 3.84. The van der Waals surface area contributed by atoms with Crippen molar-refractivity contribution in [3.05, 3.63) is 29.6 Å². The zero-order valence-electron chi connectivity index (χ0n) is 8.90. The van der Waals surface area contributed by atoms with Crippen molar-refractivity contribution in [3.63, 3.8) is 0 Å². The van der Waals surface area contributed by atoms with Gasteiger partial charge in [-0.25, -0.2) is 0 Å². The largest absolute Gasteiger partial charge is 0.308 e. The van der Waals surface area contributed by atoms with Gasteiger partial charge < -0.3 is 4.90 Å². The van der Waals surface area contributed by atoms with E-state index in [-0.39, 0.29) is 5.78 Å². The Morgan fingerprint density at radius 2 is 2.40 bits per heavy atom. The Bertz CT molecular complexity index is 371. The van der Waals surface area contributed by atoms with Crippen LogP contribution in [0.25, 0.3) is 0 Å². The molecule has 5 heteroatoms. The highest BCUT2D eigenvalue weighted by Gasteiger charge is 2.14. The molecule has 0 aliphatic heterocycles. The number of likely N-dealkylation sites (N-methyl/N-ethyl adjacent to an activating group) is 1. The molecule has 0 N–H and O–H groups in total. The van der Waals surface area contributed by atoms with Gasteiger partial charge in [-0.15, -0.1) is 0 Å². The maximum atomic E-state index is 11.5. The molecule has 1 heterocycles. The van der Waals surface area contributed by atoms with Gasteiger partial charge in [0.15, 0.2) is 0 Å². The van der Waals surface area contributed by atoms with Gasteiger partial charge >= 0.3 is 0 Å². The summed E-state index contributed by atoms with van der Waals surface area (Å²) in [4.78, 5) is 13.5. The van der Waals surface area contributed by atoms with Crippen molar-refractivity contribution in [2.75, 3.05) is 20.6 Å². The number of halogens is 1. The van der Waals surface area contributed by atoms with Gasteiger partial charge in [0, 0.05) is 6.54 Å². The maximum Gasteiger partial charge on any atom is 0.204 e. The molecule has 0 spiro atoms. The Balaban J connectivity index is 2.88. The fraction of sp³-hybridized carbons (Fsp3) is 0.400. The minimum absolute atomic E-state index is 0.198. The van der Waals surface area contributed by atoms with Crippen LogP contribution in [0.2, 0.25) is 5.02 Å². The Labute approximate surface area is 94.1 Å². The summed E-state index contributed by atoms with van der Waals surface area (Å²) in [7, 11) is 3.92. The SMILES string of the molecule is C=CC(=O)c1c(Cl)cnn1CCN(C)C. The van der Waals surface area contributed by atoms with Crippen molar-refractivity contribution in [3.8, 4) is 0 Å². The average Bonchev–Trinajstić information content (AvgIpc) is 2.55. The maximum absolute atomic E-state index is 11.5. The molecule has 0 fully saturated rings. The minimum Gasteiger partial charge on any atom is -0.308 e. The van der Waals surface area contributed by atoms with Crippen LogP contribution in [0.15, 0.2) is 18.9 Å². The predicted molar refractivity (Wildman–Crippen MR) is 60.3 cm³/mol. The number of rotatable bonds is 5. The van der Waals surface area contributed by atoms with E-state index >= 15 is 0 Å². The van der Waals surface area contributed by atoms with Crippen LogP contribution in [0, 0.1) is 0 Å². The fourth-order valence-electron chi connectivity index (χ4n) is 1.17. The normalized spacial score (nSPS) is 10.7. The predicted octanol–water partition coefficient (Wildman–Crippen LogP) is 1.47. The zero-order chi connectivity index (χ0) is 11.4. The van der Waals surface area contributed by atoms with Gasteiger partial charge in [0.05, 0.1) is 17.8 Å². The number of carbonyl (C=O) groups excluding carboxylic acids is 1. The first-order chi connectivity index (χ1) is 7.06. The van der Waals surface area contributed by atoms with Crippen LogP contribution >= 0.6 is 11.6 Å². The van der Waals surface area contributed by atoms with Crippen LogP contribution < -0.4 is 0 Å². The molecule has 0 amide bonds. The van der Waals surface area contributed by atoms with E-state index in [1.807, 2.05) is 19.0 Å². The second kappa shape index (κ2) is 5.09. The molecule has 0 aromatic carbocycles. The number of allylic oxidation sites excluding steroid dienone is 1. The molecule has 0 unspecified atom stereocenters. The van der Waals surface area contributed by atoms with E-state index < -0.39 is 0 Å². The summed E-state index contributed by atoms with van der Waals surface area (Å²) in [6, 6.07) is 0. The summed E-state index contributed by atoms with van der Waals surface area (Å²) in [5.41, 5.74) is 0.411. The standard InChI is InChI=1S/C10H14ClN3O/c1-4-9(15)10-8(11)7-12-14(10)6-5-13(2)3/h4,7H,1,5-6H2,2-3H3. The number of nitrogens with zero attached hydrogens (tertiary/aromatic N) is 3. The first-order valence-electron chi connectivity index (χ1n) is 4.59. The Morgan fingerprint density at radius 3 is 2.93 bits per heavy atom. The summed E-state index contributed by atoms with van der Waals surface area (Å²) in [5.74, 6) is -0.198. The van der Waals surface area contributed by atoms with Gasteiger partial charge in [0.1, 0.15) is 5.69 Å². The Kier molecular flexibility index (Phi) is 4.05. The molecule has 0 saturated heterocycles. The van der Waals surface area contributed by atoms with Crippen molar-refractivity contribution in [1.82, 2.24) is 14.7 Å². The molecule has 4 nitrogen and oxygen atoms in total. The Morgan fingerprint density at radius 1 is 1.73 bits per heavy atom. The highest BCUT2D eigenvalue weighted by atomic mass is 35.5. The lowest BCUT2D eigenvalue weighted by molar-refractivity contribution is 0.103. The topological polar surface area (TPSA) is 38.1 Å². The van der Waals surface area contributed by atoms with Crippen LogP contribution in [0.1, 0.15) is 10.5 Å². The highest BCUT2D eigenvalue weighted by molar-refractivity contribution is 6.34. The zero-order valence-corrected chi connectivity index (χ0v) is 9.66. The first kappa shape index (κ1) is 11.9. The van der Waals surface area contributed by atoms with E-state index in [1.54, 1.807) is 4.68 Å². The molecule has 0 aliphatic rings. The van der Waals surface area contributed by atoms with Gasteiger partial charge in [-0.2, -0.15) is 5.10 Å². The molecule has 0 radical (unpaired) electrons. The lowest BCUT2D eigenvalue weighted by Crippen LogP contribution is -2.21. The number of hydrogen-bond acceptors (Lipinski definition) is 3. The summed E-state index contributed by atoms with van der Waals surface area (Å²) < 4.78 is 1.60. The smallest absolute Gasteiger partial charge is 0.204 e. The third-order valence-electron chi connectivity index (χ3n) is 1.97. The van der Waals surface area contributed by atoms with Crippen LogP contribution in [0.3, 0.4) is 0 Å². The van der Waals surface area contributed by atoms with E-state index in [0.717, 1.165) is 6.54 Å². The number of carbonyl (C=O) groups is 1. The summed E-state index contributed by atoms with van der Waals surface area (Å²) in [6.07, 6.45) is 2.73. The number of aromatic nitrogens is 2. The lowest BCUT2D eigenvalue weighted by Gasteiger charge is -2.10. The third-order valence-corrected chi connectivity index (χ3v) is 2.25. The fourth-order valence-corrected chi connectivity index (χ4v) is 1.40. The summed E-state index contributed by atoms with van der Waals surface area (Å²) in [5, 5.41) is 4.42. The van der Waals surface area contributed by atoms with Gasteiger partial charge in [0.2, 0.25) is 5.78 Å². The van der Waals surface area contributed by atoms with E-state index in [0.29, 0.717) is 17.3 Å². The molecule has 1 rings (SSSR count). The van der Waals surface area contributed by atoms with E-state index in [4.69, 9.17) is 11.6 Å². The van der Waals surface area contributed by atoms with Crippen LogP contribution in [0.5, 0.6) is 0 Å². The molecule has 15 heavy (non-hydrogen) atoms. The number of ketones is 1. The Hall–Kier alpha value is -1.13. The van der Waals surface area contributed by atoms with Crippen molar-refractivity contribution in [2.24, 2.45) is 0 Å². The quantitative estimate of drug-likeness (QED) is 0.565. The molecular formula is C10H14ClN3O. The lowest BCUT2D eigenvalue weighted by atomic mass is 10.3. The molecule has 1 aromatic rings. The molecule has 0 aliphatic carbocycles. The number of hydrogen-bond donors (Lipinski definition) is 0. The average molecular weight is 228 g/mol. The summed E-state index contributed by atoms with van der Waals surface area (Å²) in [6.45, 7) is 4.87. The third kappa shape index (κ3) is 2.91. The van der Waals surface area contributed by atoms with Crippen LogP contribution in [-0.2, 0) is 6.54 Å². The van der Waals surface area contributed by atoms with Crippen molar-refractivity contribution < 1.29 is 4.79 Å². The molecule has 0 saturated carbocycles. The van der Waals surface area contributed by atoms with Gasteiger partial charge in [-0.1, -0.05) is 18.2 Å². The van der Waals surface area contributed by atoms with Crippen molar-refractivity contribution >= 4 is 17.4 Å². The van der Waals surface area contributed by atoms with Crippen LogP contribution in [0.4, 0.5) is 0 Å². The van der Waals surface area contributed by atoms with Crippen molar-refractivity contribution in [2.45, 2.75) is 6.54 Å². The van der Waals surface area contributed by atoms with Crippen molar-refractivity contribution in [1.29, 1.82) is 0 Å². The van der Waals surface area contributed by atoms with Gasteiger partial charge in [0.25, 0.3) is 0 Å². The molecule has 0 bridgehead atoms. The second-order valence-electron chi connectivity index (χ2n) is 3.44. The molecule has 82 valence electrons. The highest BCUT2D eigenvalue weighted by Crippen LogP contribution is 2.15. The summed E-state index contributed by atoms with van der Waals surface area (Å²) >= 11 is 5.87. The first-order valence-corrected chi connectivity index (χ1v) is 4.97. The van der Waals surface area contributed by atoms with E-state index in [1.165, 1.54) is 12.3 Å². The van der Waals surface area contributed by atoms with Gasteiger partial charge in [-0.3, -0.25) is 9.48 Å². The van der Waals surface area contributed by atoms with Gasteiger partial charge in [-0.05, 0) is 20.2 Å². The molecule has 0 atom stereocenters.